The highest BCUT2D eigenvalue weighted by Gasteiger charge is 2.44. The van der Waals surface area contributed by atoms with Crippen molar-refractivity contribution in [1.29, 1.82) is 0 Å². The number of rotatable bonds is 57. The highest BCUT2D eigenvalue weighted by Crippen LogP contribution is 2.23. The van der Waals surface area contributed by atoms with Gasteiger partial charge in [-0.3, -0.25) is 9.59 Å². The maximum Gasteiger partial charge on any atom is 0.305 e. The maximum atomic E-state index is 13.1. The van der Waals surface area contributed by atoms with Gasteiger partial charge in [-0.1, -0.05) is 247 Å². The van der Waals surface area contributed by atoms with Crippen LogP contribution in [0.2, 0.25) is 0 Å². The van der Waals surface area contributed by atoms with E-state index in [0.717, 1.165) is 96.3 Å². The molecule has 0 radical (unpaired) electrons. The lowest BCUT2D eigenvalue weighted by molar-refractivity contribution is -0.302. The van der Waals surface area contributed by atoms with Gasteiger partial charge in [0.05, 0.1) is 32.0 Å². The number of amides is 1. The zero-order valence-electron chi connectivity index (χ0n) is 51.3. The van der Waals surface area contributed by atoms with Gasteiger partial charge in [0.25, 0.3) is 0 Å². The minimum absolute atomic E-state index is 0.0180. The molecular weight excluding hydrogens is 1000 g/mol. The highest BCUT2D eigenvalue weighted by molar-refractivity contribution is 5.76. The number of aliphatic hydroxyl groups excluding tert-OH is 5. The maximum absolute atomic E-state index is 13.1. The van der Waals surface area contributed by atoms with E-state index >= 15 is 0 Å². The molecule has 7 atom stereocenters. The van der Waals surface area contributed by atoms with E-state index in [1.165, 1.54) is 167 Å². The highest BCUT2D eigenvalue weighted by atomic mass is 16.7. The number of ether oxygens (including phenoxy) is 3. The van der Waals surface area contributed by atoms with Gasteiger partial charge in [-0.2, -0.15) is 0 Å². The topological polar surface area (TPSA) is 175 Å². The van der Waals surface area contributed by atoms with Gasteiger partial charge in [0.2, 0.25) is 5.91 Å². The number of esters is 1. The SMILES string of the molecule is CCC/C=C\C/C=C\CCCCCCCC(=O)OCCCCCCCCCCC/C=C\C/C=C\CCCCCCCCCCCC(=O)NC(COC1OC(CO)C(O)C(O)C1O)C(O)/C=C/CC/C=C/CCCCCCCCCC. The van der Waals surface area contributed by atoms with Gasteiger partial charge in [0, 0.05) is 12.8 Å². The smallest absolute Gasteiger partial charge is 0.305 e. The molecule has 0 aromatic rings. The van der Waals surface area contributed by atoms with Crippen LogP contribution in [0.25, 0.3) is 0 Å². The van der Waals surface area contributed by atoms with E-state index in [9.17, 15) is 35.1 Å². The first-order chi connectivity index (χ1) is 39.2. The molecule has 80 heavy (non-hydrogen) atoms. The Kier molecular flexibility index (Phi) is 54.4. The van der Waals surface area contributed by atoms with Gasteiger partial charge >= 0.3 is 5.97 Å². The zero-order valence-corrected chi connectivity index (χ0v) is 51.3. The molecule has 11 heteroatoms. The molecule has 0 aromatic heterocycles. The molecule has 0 saturated carbocycles. The second-order valence-corrected chi connectivity index (χ2v) is 22.8. The number of carbonyl (C=O) groups excluding carboxylic acids is 2. The molecule has 1 aliphatic heterocycles. The van der Waals surface area contributed by atoms with Crippen LogP contribution >= 0.6 is 0 Å². The molecule has 7 unspecified atom stereocenters. The summed E-state index contributed by atoms with van der Waals surface area (Å²) in [6.45, 7) is 4.25. The Morgan fingerprint density at radius 3 is 1.36 bits per heavy atom. The summed E-state index contributed by atoms with van der Waals surface area (Å²) < 4.78 is 16.7. The zero-order chi connectivity index (χ0) is 58.0. The molecule has 0 aliphatic carbocycles. The largest absolute Gasteiger partial charge is 0.466 e. The number of carbonyl (C=O) groups is 2. The summed E-state index contributed by atoms with van der Waals surface area (Å²) in [6.07, 6.45) is 67.2. The van der Waals surface area contributed by atoms with Crippen molar-refractivity contribution in [1.82, 2.24) is 5.32 Å². The molecule has 1 saturated heterocycles. The predicted molar refractivity (Wildman–Crippen MR) is 333 cm³/mol. The van der Waals surface area contributed by atoms with Crippen LogP contribution in [0.15, 0.2) is 72.9 Å². The van der Waals surface area contributed by atoms with Crippen molar-refractivity contribution in [3.05, 3.63) is 72.9 Å². The first-order valence-electron chi connectivity index (χ1n) is 33.2. The van der Waals surface area contributed by atoms with E-state index in [0.29, 0.717) is 19.4 Å². The minimum atomic E-state index is -1.58. The summed E-state index contributed by atoms with van der Waals surface area (Å²) >= 11 is 0. The average molecular weight is 1130 g/mol. The van der Waals surface area contributed by atoms with Gasteiger partial charge in [-0.15, -0.1) is 0 Å². The lowest BCUT2D eigenvalue weighted by atomic mass is 9.99. The molecule has 0 spiro atoms. The van der Waals surface area contributed by atoms with Crippen LogP contribution in [0.4, 0.5) is 0 Å². The van der Waals surface area contributed by atoms with Crippen molar-refractivity contribution < 1.29 is 49.3 Å². The summed E-state index contributed by atoms with van der Waals surface area (Å²) in [7, 11) is 0. The first kappa shape index (κ1) is 75.1. The molecule has 1 rings (SSSR count). The molecule has 0 bridgehead atoms. The third-order valence-electron chi connectivity index (χ3n) is 15.2. The van der Waals surface area contributed by atoms with Crippen molar-refractivity contribution in [2.24, 2.45) is 0 Å². The second kappa shape index (κ2) is 57.9. The number of allylic oxidation sites excluding steroid dienone is 11. The second-order valence-electron chi connectivity index (χ2n) is 22.8. The van der Waals surface area contributed by atoms with E-state index in [2.05, 4.69) is 79.9 Å². The fourth-order valence-corrected chi connectivity index (χ4v) is 9.99. The number of hydrogen-bond donors (Lipinski definition) is 6. The van der Waals surface area contributed by atoms with Gasteiger partial charge in [-0.25, -0.2) is 0 Å². The molecule has 1 amide bonds. The van der Waals surface area contributed by atoms with Crippen LogP contribution in [0, 0.1) is 0 Å². The number of unbranched alkanes of at least 4 members (excludes halogenated alkanes) is 33. The fourth-order valence-electron chi connectivity index (χ4n) is 9.99. The summed E-state index contributed by atoms with van der Waals surface area (Å²) in [6, 6.07) is -0.834. The number of hydrogen-bond acceptors (Lipinski definition) is 10. The number of nitrogens with one attached hydrogen (secondary N) is 1. The standard InChI is InChI=1S/C69H123NO10/c1-3-5-7-9-11-13-15-17-32-35-39-43-47-51-55-62(72)61(60-79-69-68(77)67(76)66(75)63(59-71)80-69)70-64(73)56-52-48-44-40-36-33-29-27-25-23-21-19-18-20-22-24-26-28-30-34-38-42-46-50-54-58-78-65(74)57-53-49-45-41-37-31-16-14-12-10-8-6-4-2/h8,10,14,16,19-22,35,39,51,55,61-63,66-69,71-72,75-77H,3-7,9,11-13,15,17-18,23-34,36-38,40-50,52-54,56-60H2,1-2H3,(H,70,73)/b10-8-,16-14-,21-19-,22-20-,39-35+,55-51+. The van der Waals surface area contributed by atoms with E-state index in [1.807, 2.05) is 6.08 Å². The van der Waals surface area contributed by atoms with Crippen LogP contribution in [-0.2, 0) is 23.8 Å². The predicted octanol–water partition coefficient (Wildman–Crippen LogP) is 16.3. The van der Waals surface area contributed by atoms with Crippen molar-refractivity contribution >= 4 is 11.9 Å². The van der Waals surface area contributed by atoms with Crippen molar-refractivity contribution in [3.63, 3.8) is 0 Å². The van der Waals surface area contributed by atoms with Crippen LogP contribution in [0.1, 0.15) is 290 Å². The van der Waals surface area contributed by atoms with Crippen LogP contribution in [-0.4, -0.2) is 100 Å². The third kappa shape index (κ3) is 46.6. The van der Waals surface area contributed by atoms with Crippen molar-refractivity contribution in [2.45, 2.75) is 333 Å². The summed E-state index contributed by atoms with van der Waals surface area (Å²) in [4.78, 5) is 25.1. The van der Waals surface area contributed by atoms with E-state index in [-0.39, 0.29) is 18.5 Å². The first-order valence-corrected chi connectivity index (χ1v) is 33.2. The van der Waals surface area contributed by atoms with Crippen LogP contribution < -0.4 is 5.32 Å². The lowest BCUT2D eigenvalue weighted by Crippen LogP contribution is -2.60. The van der Waals surface area contributed by atoms with E-state index in [1.54, 1.807) is 6.08 Å². The Labute approximate surface area is 490 Å². The van der Waals surface area contributed by atoms with E-state index in [4.69, 9.17) is 14.2 Å². The summed E-state index contributed by atoms with van der Waals surface area (Å²) in [5, 5.41) is 54.4. The summed E-state index contributed by atoms with van der Waals surface area (Å²) in [5.74, 6) is -0.217. The Morgan fingerprint density at radius 2 is 0.875 bits per heavy atom. The third-order valence-corrected chi connectivity index (χ3v) is 15.2. The molecule has 464 valence electrons. The molecule has 1 fully saturated rings. The van der Waals surface area contributed by atoms with Crippen LogP contribution in [0.3, 0.4) is 0 Å². The van der Waals surface area contributed by atoms with E-state index < -0.39 is 49.5 Å². The molecule has 0 aromatic carbocycles. The fraction of sp³-hybridized carbons (Fsp3) is 0.797. The molecule has 1 heterocycles. The molecule has 1 aliphatic rings. The van der Waals surface area contributed by atoms with Gasteiger partial charge < -0.3 is 45.1 Å². The Balaban J connectivity index is 2.06. The van der Waals surface area contributed by atoms with Gasteiger partial charge in [0.15, 0.2) is 6.29 Å². The summed E-state index contributed by atoms with van der Waals surface area (Å²) in [5.41, 5.74) is 0. The Bertz CT molecular complexity index is 1560. The Morgan fingerprint density at radius 1 is 0.463 bits per heavy atom. The Hall–Kier alpha value is -2.90. The molecule has 11 nitrogen and oxygen atoms in total. The molecular formula is C69H123NO10. The quantitative estimate of drug-likeness (QED) is 0.0195. The lowest BCUT2D eigenvalue weighted by Gasteiger charge is -2.40. The minimum Gasteiger partial charge on any atom is -0.466 e. The number of aliphatic hydroxyl groups is 5. The monoisotopic (exact) mass is 1130 g/mol. The van der Waals surface area contributed by atoms with Gasteiger partial charge in [0.1, 0.15) is 24.4 Å². The normalized spacial score (nSPS) is 18.8. The van der Waals surface area contributed by atoms with Crippen molar-refractivity contribution in [3.8, 4) is 0 Å². The van der Waals surface area contributed by atoms with Gasteiger partial charge in [-0.05, 0) is 103 Å². The van der Waals surface area contributed by atoms with Crippen molar-refractivity contribution in [2.75, 3.05) is 19.8 Å². The molecule has 6 N–H and O–H groups in total. The van der Waals surface area contributed by atoms with Crippen LogP contribution in [0.5, 0.6) is 0 Å². The average Bonchev–Trinajstić information content (AvgIpc) is 3.49.